The highest BCUT2D eigenvalue weighted by molar-refractivity contribution is 5.26. The zero-order chi connectivity index (χ0) is 11.8. The van der Waals surface area contributed by atoms with Crippen LogP contribution >= 0.6 is 0 Å². The van der Waals surface area contributed by atoms with Crippen molar-refractivity contribution >= 4 is 0 Å². The van der Waals surface area contributed by atoms with Crippen molar-refractivity contribution in [1.29, 1.82) is 0 Å². The van der Waals surface area contributed by atoms with Crippen LogP contribution in [-0.4, -0.2) is 13.2 Å². The van der Waals surface area contributed by atoms with Gasteiger partial charge in [-0.1, -0.05) is 44.5 Å². The molecule has 0 fully saturated rings. The summed E-state index contributed by atoms with van der Waals surface area (Å²) < 4.78 is 5.47. The van der Waals surface area contributed by atoms with Crippen molar-refractivity contribution < 1.29 is 4.74 Å². The number of hydrogen-bond acceptors (Lipinski definition) is 2. The van der Waals surface area contributed by atoms with Crippen molar-refractivity contribution in [3.63, 3.8) is 0 Å². The maximum atomic E-state index is 6.08. The lowest BCUT2D eigenvalue weighted by Gasteiger charge is -2.13. The highest BCUT2D eigenvalue weighted by Crippen LogP contribution is 2.14. The number of nitrogens with two attached hydrogens (primary N) is 1. The summed E-state index contributed by atoms with van der Waals surface area (Å²) in [5, 5.41) is 0. The summed E-state index contributed by atoms with van der Waals surface area (Å²) in [5.41, 5.74) is 8.62. The highest BCUT2D eigenvalue weighted by atomic mass is 16.5. The Morgan fingerprint density at radius 1 is 1.25 bits per heavy atom. The molecule has 2 heteroatoms. The Kier molecular flexibility index (Phi) is 6.12. The number of hydrogen-bond donors (Lipinski definition) is 1. The summed E-state index contributed by atoms with van der Waals surface area (Å²) in [6, 6.07) is 8.53. The molecule has 1 aromatic rings. The predicted molar refractivity (Wildman–Crippen MR) is 68.5 cm³/mol. The minimum Gasteiger partial charge on any atom is -0.379 e. The fourth-order valence-electron chi connectivity index (χ4n) is 1.72. The zero-order valence-corrected chi connectivity index (χ0v) is 10.4. The van der Waals surface area contributed by atoms with E-state index in [1.807, 2.05) is 0 Å². The molecule has 2 N–H and O–H groups in total. The van der Waals surface area contributed by atoms with Crippen LogP contribution in [0.4, 0.5) is 0 Å². The SMILES string of the molecule is CCCOCC(N)c1cccc(CCC)c1. The fourth-order valence-corrected chi connectivity index (χ4v) is 1.72. The van der Waals surface area contributed by atoms with E-state index in [2.05, 4.69) is 38.1 Å². The number of benzene rings is 1. The molecule has 0 saturated carbocycles. The minimum absolute atomic E-state index is 0.00311. The van der Waals surface area contributed by atoms with E-state index in [9.17, 15) is 0 Å². The molecule has 90 valence electrons. The van der Waals surface area contributed by atoms with Crippen LogP contribution < -0.4 is 5.73 Å². The molecule has 0 amide bonds. The van der Waals surface area contributed by atoms with Crippen molar-refractivity contribution in [1.82, 2.24) is 0 Å². The molecule has 1 rings (SSSR count). The Bertz CT molecular complexity index is 299. The number of aryl methyl sites for hydroxylation is 1. The molecule has 1 atom stereocenters. The second kappa shape index (κ2) is 7.42. The van der Waals surface area contributed by atoms with Crippen molar-refractivity contribution in [3.05, 3.63) is 35.4 Å². The van der Waals surface area contributed by atoms with Gasteiger partial charge in [-0.15, -0.1) is 0 Å². The van der Waals surface area contributed by atoms with Crippen LogP contribution in [0.5, 0.6) is 0 Å². The second-order valence-electron chi connectivity index (χ2n) is 4.18. The van der Waals surface area contributed by atoms with Crippen molar-refractivity contribution in [2.75, 3.05) is 13.2 Å². The van der Waals surface area contributed by atoms with Gasteiger partial charge in [-0.05, 0) is 24.0 Å². The van der Waals surface area contributed by atoms with E-state index in [1.54, 1.807) is 0 Å². The van der Waals surface area contributed by atoms with Crippen LogP contribution in [0.1, 0.15) is 43.9 Å². The maximum absolute atomic E-state index is 6.08. The molecule has 0 radical (unpaired) electrons. The van der Waals surface area contributed by atoms with E-state index in [4.69, 9.17) is 10.5 Å². The van der Waals surface area contributed by atoms with Crippen molar-refractivity contribution in [2.24, 2.45) is 5.73 Å². The lowest BCUT2D eigenvalue weighted by Crippen LogP contribution is -2.17. The average molecular weight is 221 g/mol. The third-order valence-electron chi connectivity index (χ3n) is 2.56. The lowest BCUT2D eigenvalue weighted by molar-refractivity contribution is 0.121. The number of rotatable bonds is 7. The van der Waals surface area contributed by atoms with E-state index >= 15 is 0 Å². The smallest absolute Gasteiger partial charge is 0.0659 e. The van der Waals surface area contributed by atoms with Gasteiger partial charge in [0.25, 0.3) is 0 Å². The van der Waals surface area contributed by atoms with Crippen LogP contribution in [0.25, 0.3) is 0 Å². The van der Waals surface area contributed by atoms with Crippen LogP contribution in [-0.2, 0) is 11.2 Å². The average Bonchev–Trinajstić information content (AvgIpc) is 2.30. The Morgan fingerprint density at radius 2 is 2.06 bits per heavy atom. The summed E-state index contributed by atoms with van der Waals surface area (Å²) in [5.74, 6) is 0. The third-order valence-corrected chi connectivity index (χ3v) is 2.56. The summed E-state index contributed by atoms with van der Waals surface area (Å²) in [6.45, 7) is 5.70. The molecule has 0 saturated heterocycles. The Morgan fingerprint density at radius 3 is 2.75 bits per heavy atom. The summed E-state index contributed by atoms with van der Waals surface area (Å²) >= 11 is 0. The van der Waals surface area contributed by atoms with Gasteiger partial charge in [0, 0.05) is 6.61 Å². The molecule has 1 unspecified atom stereocenters. The standard InChI is InChI=1S/C14H23NO/c1-3-6-12-7-5-8-13(10-12)14(15)11-16-9-4-2/h5,7-8,10,14H,3-4,6,9,11,15H2,1-2H3. The molecular weight excluding hydrogens is 198 g/mol. The van der Waals surface area contributed by atoms with Gasteiger partial charge >= 0.3 is 0 Å². The topological polar surface area (TPSA) is 35.2 Å². The molecule has 0 aliphatic heterocycles. The van der Waals surface area contributed by atoms with Crippen molar-refractivity contribution in [2.45, 2.75) is 39.2 Å². The van der Waals surface area contributed by atoms with Crippen LogP contribution in [0.2, 0.25) is 0 Å². The van der Waals surface area contributed by atoms with E-state index in [0.29, 0.717) is 6.61 Å². The molecule has 0 bridgehead atoms. The normalized spacial score (nSPS) is 12.7. The van der Waals surface area contributed by atoms with E-state index in [0.717, 1.165) is 19.4 Å². The van der Waals surface area contributed by atoms with Gasteiger partial charge in [-0.2, -0.15) is 0 Å². The maximum Gasteiger partial charge on any atom is 0.0659 e. The summed E-state index contributed by atoms with van der Waals surface area (Å²) in [4.78, 5) is 0. The highest BCUT2D eigenvalue weighted by Gasteiger charge is 2.06. The minimum atomic E-state index is 0.00311. The van der Waals surface area contributed by atoms with Crippen LogP contribution in [0.3, 0.4) is 0 Å². The lowest BCUT2D eigenvalue weighted by atomic mass is 10.0. The van der Waals surface area contributed by atoms with E-state index < -0.39 is 0 Å². The molecular formula is C14H23NO. The van der Waals surface area contributed by atoms with Gasteiger partial charge in [0.1, 0.15) is 0 Å². The Hall–Kier alpha value is -0.860. The molecule has 0 heterocycles. The molecule has 0 aromatic heterocycles. The molecule has 0 spiro atoms. The zero-order valence-electron chi connectivity index (χ0n) is 10.4. The molecule has 2 nitrogen and oxygen atoms in total. The number of ether oxygens (including phenoxy) is 1. The van der Waals surface area contributed by atoms with Crippen LogP contribution in [0, 0.1) is 0 Å². The van der Waals surface area contributed by atoms with Gasteiger partial charge in [0.15, 0.2) is 0 Å². The fraction of sp³-hybridized carbons (Fsp3) is 0.571. The van der Waals surface area contributed by atoms with Gasteiger partial charge < -0.3 is 10.5 Å². The monoisotopic (exact) mass is 221 g/mol. The quantitative estimate of drug-likeness (QED) is 0.718. The Balaban J connectivity index is 2.53. The first kappa shape index (κ1) is 13.2. The third kappa shape index (κ3) is 4.33. The first-order valence-electron chi connectivity index (χ1n) is 6.20. The molecule has 0 aliphatic rings. The van der Waals surface area contributed by atoms with Crippen molar-refractivity contribution in [3.8, 4) is 0 Å². The molecule has 1 aromatic carbocycles. The largest absolute Gasteiger partial charge is 0.379 e. The summed E-state index contributed by atoms with van der Waals surface area (Å²) in [6.07, 6.45) is 3.34. The Labute approximate surface area is 98.8 Å². The van der Waals surface area contributed by atoms with Gasteiger partial charge in [-0.25, -0.2) is 0 Å². The predicted octanol–water partition coefficient (Wildman–Crippen LogP) is 3.07. The van der Waals surface area contributed by atoms with Gasteiger partial charge in [-0.3, -0.25) is 0 Å². The van der Waals surface area contributed by atoms with E-state index in [1.165, 1.54) is 17.5 Å². The molecule has 16 heavy (non-hydrogen) atoms. The summed E-state index contributed by atoms with van der Waals surface area (Å²) in [7, 11) is 0. The first-order chi connectivity index (χ1) is 7.77. The van der Waals surface area contributed by atoms with Gasteiger partial charge in [0.05, 0.1) is 12.6 Å². The second-order valence-corrected chi connectivity index (χ2v) is 4.18. The van der Waals surface area contributed by atoms with Gasteiger partial charge in [0.2, 0.25) is 0 Å². The molecule has 0 aliphatic carbocycles. The first-order valence-corrected chi connectivity index (χ1v) is 6.20. The van der Waals surface area contributed by atoms with Crippen LogP contribution in [0.15, 0.2) is 24.3 Å². The van der Waals surface area contributed by atoms with E-state index in [-0.39, 0.29) is 6.04 Å².